The first kappa shape index (κ1) is 13.1. The molecule has 2 rings (SSSR count). The lowest BCUT2D eigenvalue weighted by molar-refractivity contribution is 0.0930. The average Bonchev–Trinajstić information content (AvgIpc) is 2.79. The molecule has 0 bridgehead atoms. The number of nitrogens with zero attached hydrogens (tertiary/aromatic N) is 2. The van der Waals surface area contributed by atoms with Crippen LogP contribution in [0.2, 0.25) is 0 Å². The smallest absolute Gasteiger partial charge is 0.254 e. The number of hydrogen-bond donors (Lipinski definition) is 2. The first-order chi connectivity index (χ1) is 8.47. The zero-order valence-corrected chi connectivity index (χ0v) is 11.4. The van der Waals surface area contributed by atoms with Gasteiger partial charge in [-0.1, -0.05) is 0 Å². The van der Waals surface area contributed by atoms with E-state index >= 15 is 0 Å². The van der Waals surface area contributed by atoms with Crippen LogP contribution in [0.1, 0.15) is 44.0 Å². The minimum Gasteiger partial charge on any atom is -0.348 e. The summed E-state index contributed by atoms with van der Waals surface area (Å²) in [5.41, 5.74) is 0.542. The predicted octanol–water partition coefficient (Wildman–Crippen LogP) is 1.12. The van der Waals surface area contributed by atoms with Gasteiger partial charge in [0.2, 0.25) is 0 Å². The van der Waals surface area contributed by atoms with Crippen LogP contribution in [-0.2, 0) is 5.54 Å². The van der Waals surface area contributed by atoms with Gasteiger partial charge in [0, 0.05) is 18.8 Å². The number of piperidine rings is 1. The largest absolute Gasteiger partial charge is 0.348 e. The Bertz CT molecular complexity index is 413. The first-order valence-corrected chi connectivity index (χ1v) is 6.53. The molecule has 1 atom stereocenters. The zero-order valence-electron chi connectivity index (χ0n) is 11.4. The van der Waals surface area contributed by atoms with Crippen LogP contribution in [0.5, 0.6) is 0 Å². The van der Waals surface area contributed by atoms with Crippen molar-refractivity contribution in [3.63, 3.8) is 0 Å². The number of aromatic nitrogens is 2. The Kier molecular flexibility index (Phi) is 3.71. The van der Waals surface area contributed by atoms with Gasteiger partial charge in [-0.25, -0.2) is 0 Å². The summed E-state index contributed by atoms with van der Waals surface area (Å²) < 4.78 is 1.82. The van der Waals surface area contributed by atoms with Crippen molar-refractivity contribution < 1.29 is 4.79 Å². The number of rotatable bonds is 2. The maximum Gasteiger partial charge on any atom is 0.254 e. The van der Waals surface area contributed by atoms with Gasteiger partial charge in [0.15, 0.2) is 0 Å². The molecular formula is C13H22N4O. The van der Waals surface area contributed by atoms with Crippen molar-refractivity contribution in [1.29, 1.82) is 0 Å². The Hall–Kier alpha value is -1.36. The third kappa shape index (κ3) is 3.10. The highest BCUT2D eigenvalue weighted by molar-refractivity contribution is 5.93. The number of hydrogen-bond acceptors (Lipinski definition) is 3. The molecule has 5 nitrogen and oxygen atoms in total. The Morgan fingerprint density at radius 3 is 2.89 bits per heavy atom. The van der Waals surface area contributed by atoms with E-state index in [1.54, 1.807) is 6.20 Å². The van der Waals surface area contributed by atoms with E-state index in [4.69, 9.17) is 0 Å². The van der Waals surface area contributed by atoms with Crippen LogP contribution >= 0.6 is 0 Å². The van der Waals surface area contributed by atoms with Crippen molar-refractivity contribution in [1.82, 2.24) is 20.4 Å². The van der Waals surface area contributed by atoms with Crippen molar-refractivity contribution in [2.24, 2.45) is 0 Å². The van der Waals surface area contributed by atoms with E-state index in [0.717, 1.165) is 25.9 Å². The standard InChI is InChI=1S/C13H22N4O/c1-13(2,3)17-9-10(7-15-17)12(18)16-11-5-4-6-14-8-11/h7,9,11,14H,4-6,8H2,1-3H3,(H,16,18). The highest BCUT2D eigenvalue weighted by Crippen LogP contribution is 2.13. The first-order valence-electron chi connectivity index (χ1n) is 6.53. The lowest BCUT2D eigenvalue weighted by Crippen LogP contribution is -2.45. The van der Waals surface area contributed by atoms with Crippen LogP contribution in [0.25, 0.3) is 0 Å². The monoisotopic (exact) mass is 250 g/mol. The normalized spacial score (nSPS) is 20.7. The van der Waals surface area contributed by atoms with Gasteiger partial charge in [0.1, 0.15) is 0 Å². The minimum absolute atomic E-state index is 0.0285. The Morgan fingerprint density at radius 1 is 1.56 bits per heavy atom. The molecule has 1 saturated heterocycles. The summed E-state index contributed by atoms with van der Waals surface area (Å²) in [5, 5.41) is 10.6. The van der Waals surface area contributed by atoms with Crippen molar-refractivity contribution in [3.05, 3.63) is 18.0 Å². The average molecular weight is 250 g/mol. The number of amides is 1. The summed E-state index contributed by atoms with van der Waals surface area (Å²) in [5.74, 6) is -0.0285. The molecule has 100 valence electrons. The molecule has 0 spiro atoms. The van der Waals surface area contributed by atoms with Crippen LogP contribution in [0.4, 0.5) is 0 Å². The molecule has 1 aliphatic heterocycles. The van der Waals surface area contributed by atoms with E-state index in [9.17, 15) is 4.79 Å². The molecule has 5 heteroatoms. The van der Waals surface area contributed by atoms with E-state index < -0.39 is 0 Å². The number of carbonyl (C=O) groups excluding carboxylic acids is 1. The molecule has 1 unspecified atom stereocenters. The second-order valence-electron chi connectivity index (χ2n) is 5.86. The van der Waals surface area contributed by atoms with Crippen LogP contribution in [0.15, 0.2) is 12.4 Å². The molecule has 1 fully saturated rings. The second-order valence-corrected chi connectivity index (χ2v) is 5.86. The molecule has 1 aliphatic rings. The third-order valence-electron chi connectivity index (χ3n) is 3.16. The predicted molar refractivity (Wildman–Crippen MR) is 70.6 cm³/mol. The molecule has 0 radical (unpaired) electrons. The summed E-state index contributed by atoms with van der Waals surface area (Å²) in [6.07, 6.45) is 5.61. The van der Waals surface area contributed by atoms with Gasteiger partial charge in [0.05, 0.1) is 17.3 Å². The van der Waals surface area contributed by atoms with Gasteiger partial charge in [-0.05, 0) is 40.2 Å². The van der Waals surface area contributed by atoms with Gasteiger partial charge < -0.3 is 10.6 Å². The summed E-state index contributed by atoms with van der Waals surface area (Å²) in [7, 11) is 0. The molecule has 0 aliphatic carbocycles. The maximum atomic E-state index is 12.1. The lowest BCUT2D eigenvalue weighted by atomic mass is 10.1. The maximum absolute atomic E-state index is 12.1. The molecule has 1 amide bonds. The molecule has 1 aromatic heterocycles. The van der Waals surface area contributed by atoms with Crippen LogP contribution in [0, 0.1) is 0 Å². The molecule has 0 aromatic carbocycles. The third-order valence-corrected chi connectivity index (χ3v) is 3.16. The Labute approximate surface area is 108 Å². The van der Waals surface area contributed by atoms with Crippen molar-refractivity contribution in [2.45, 2.75) is 45.2 Å². The SMILES string of the molecule is CC(C)(C)n1cc(C(=O)NC2CCCNC2)cn1. The number of nitrogens with one attached hydrogen (secondary N) is 2. The summed E-state index contributed by atoms with van der Waals surface area (Å²) in [4.78, 5) is 12.1. The van der Waals surface area contributed by atoms with Crippen molar-refractivity contribution in [2.75, 3.05) is 13.1 Å². The Morgan fingerprint density at radius 2 is 2.33 bits per heavy atom. The van der Waals surface area contributed by atoms with Gasteiger partial charge >= 0.3 is 0 Å². The van der Waals surface area contributed by atoms with Crippen LogP contribution < -0.4 is 10.6 Å². The van der Waals surface area contributed by atoms with E-state index in [2.05, 4.69) is 36.5 Å². The topological polar surface area (TPSA) is 59.0 Å². The van der Waals surface area contributed by atoms with Gasteiger partial charge in [-0.2, -0.15) is 5.10 Å². The van der Waals surface area contributed by atoms with Gasteiger partial charge in [0.25, 0.3) is 5.91 Å². The minimum atomic E-state index is -0.0923. The second kappa shape index (κ2) is 5.10. The van der Waals surface area contributed by atoms with Crippen LogP contribution in [0.3, 0.4) is 0 Å². The number of carbonyl (C=O) groups is 1. The summed E-state index contributed by atoms with van der Waals surface area (Å²) in [6.45, 7) is 8.10. The zero-order chi connectivity index (χ0) is 13.2. The molecular weight excluding hydrogens is 228 g/mol. The van der Waals surface area contributed by atoms with E-state index in [1.807, 2.05) is 10.9 Å². The van der Waals surface area contributed by atoms with E-state index in [-0.39, 0.29) is 17.5 Å². The van der Waals surface area contributed by atoms with Crippen molar-refractivity contribution >= 4 is 5.91 Å². The Balaban J connectivity index is 1.98. The molecule has 2 N–H and O–H groups in total. The fourth-order valence-electron chi connectivity index (χ4n) is 2.05. The quantitative estimate of drug-likeness (QED) is 0.827. The fourth-order valence-corrected chi connectivity index (χ4v) is 2.05. The fraction of sp³-hybridized carbons (Fsp3) is 0.692. The molecule has 1 aromatic rings. The van der Waals surface area contributed by atoms with E-state index in [1.165, 1.54) is 0 Å². The van der Waals surface area contributed by atoms with E-state index in [0.29, 0.717) is 5.56 Å². The highest BCUT2D eigenvalue weighted by Gasteiger charge is 2.19. The van der Waals surface area contributed by atoms with Crippen molar-refractivity contribution in [3.8, 4) is 0 Å². The molecule has 2 heterocycles. The van der Waals surface area contributed by atoms with Crippen LogP contribution in [-0.4, -0.2) is 34.8 Å². The summed E-state index contributed by atoms with van der Waals surface area (Å²) in [6, 6.07) is 0.240. The lowest BCUT2D eigenvalue weighted by Gasteiger charge is -2.23. The van der Waals surface area contributed by atoms with Gasteiger partial charge in [-0.15, -0.1) is 0 Å². The molecule has 18 heavy (non-hydrogen) atoms. The molecule has 0 saturated carbocycles. The highest BCUT2D eigenvalue weighted by atomic mass is 16.1. The summed E-state index contributed by atoms with van der Waals surface area (Å²) >= 11 is 0. The van der Waals surface area contributed by atoms with Gasteiger partial charge in [-0.3, -0.25) is 9.48 Å².